The van der Waals surface area contributed by atoms with Crippen LogP contribution in [0.2, 0.25) is 0 Å². The summed E-state index contributed by atoms with van der Waals surface area (Å²) >= 11 is 0. The zero-order chi connectivity index (χ0) is 18.2. The normalized spacial score (nSPS) is 16.0. The largest absolute Gasteiger partial charge is 0.393 e. The van der Waals surface area contributed by atoms with E-state index < -0.39 is 0 Å². The van der Waals surface area contributed by atoms with Crippen molar-refractivity contribution in [2.24, 2.45) is 0 Å². The third kappa shape index (κ3) is 2.79. The lowest BCUT2D eigenvalue weighted by Crippen LogP contribution is -2.33. The number of para-hydroxylation sites is 1. The van der Waals surface area contributed by atoms with E-state index in [4.69, 9.17) is 5.73 Å². The molecular weight excluding hydrogens is 334 g/mol. The van der Waals surface area contributed by atoms with Crippen molar-refractivity contribution < 1.29 is 0 Å². The summed E-state index contributed by atoms with van der Waals surface area (Å²) in [6.07, 6.45) is 4.88. The van der Waals surface area contributed by atoms with Gasteiger partial charge < -0.3 is 15.5 Å². The number of hydrogen-bond acceptors (Lipinski definition) is 5. The number of rotatable bonds is 2. The van der Waals surface area contributed by atoms with Crippen LogP contribution >= 0.6 is 0 Å². The summed E-state index contributed by atoms with van der Waals surface area (Å²) in [7, 11) is 0. The quantitative estimate of drug-likeness (QED) is 0.758. The molecule has 5 nitrogen and oxygen atoms in total. The predicted octanol–water partition coefficient (Wildman–Crippen LogP) is 3.71. The van der Waals surface area contributed by atoms with Crippen molar-refractivity contribution in [3.8, 4) is 0 Å². The number of nitrogens with zero attached hydrogens (tertiary/aromatic N) is 4. The zero-order valence-corrected chi connectivity index (χ0v) is 15.3. The highest BCUT2D eigenvalue weighted by Gasteiger charge is 2.25. The summed E-state index contributed by atoms with van der Waals surface area (Å²) in [5.41, 5.74) is 12.6. The Bertz CT molecular complexity index is 984. The second-order valence-corrected chi connectivity index (χ2v) is 7.26. The van der Waals surface area contributed by atoms with Gasteiger partial charge in [0.2, 0.25) is 0 Å². The summed E-state index contributed by atoms with van der Waals surface area (Å²) in [6.45, 7) is 2.70. The highest BCUT2D eigenvalue weighted by Crippen LogP contribution is 2.38. The number of nitrogen functional groups attached to an aromatic ring is 1. The highest BCUT2D eigenvalue weighted by atomic mass is 15.3. The van der Waals surface area contributed by atoms with Crippen LogP contribution in [0.4, 0.5) is 23.0 Å². The third-order valence-electron chi connectivity index (χ3n) is 5.64. The van der Waals surface area contributed by atoms with Crippen LogP contribution < -0.4 is 15.5 Å². The van der Waals surface area contributed by atoms with Crippen LogP contribution in [0.15, 0.2) is 54.9 Å². The monoisotopic (exact) mass is 357 g/mol. The Labute approximate surface area is 159 Å². The van der Waals surface area contributed by atoms with Gasteiger partial charge >= 0.3 is 0 Å². The molecule has 0 saturated carbocycles. The maximum absolute atomic E-state index is 6.61. The molecule has 3 heterocycles. The van der Waals surface area contributed by atoms with E-state index in [1.54, 1.807) is 6.33 Å². The Hall–Kier alpha value is -3.08. The fourth-order valence-corrected chi connectivity index (χ4v) is 4.27. The molecule has 2 aliphatic heterocycles. The standard InChI is InChI=1S/C22H23N5/c23-20-21(26-13-11-16-6-1-2-8-18(16)14-26)24-15-25-22(20)27-12-5-9-17-7-3-4-10-19(17)27/h1-4,6-8,10,15H,5,9,11-14,23H2. The van der Waals surface area contributed by atoms with E-state index in [9.17, 15) is 0 Å². The van der Waals surface area contributed by atoms with Crippen molar-refractivity contribution >= 4 is 23.0 Å². The molecule has 5 rings (SSSR count). The number of aryl methyl sites for hydroxylation is 1. The van der Waals surface area contributed by atoms with Crippen LogP contribution in [-0.4, -0.2) is 23.1 Å². The van der Waals surface area contributed by atoms with E-state index >= 15 is 0 Å². The summed E-state index contributed by atoms with van der Waals surface area (Å²) < 4.78 is 0. The maximum Gasteiger partial charge on any atom is 0.161 e. The smallest absolute Gasteiger partial charge is 0.161 e. The Morgan fingerprint density at radius 1 is 0.778 bits per heavy atom. The van der Waals surface area contributed by atoms with Crippen LogP contribution in [-0.2, 0) is 19.4 Å². The molecule has 136 valence electrons. The van der Waals surface area contributed by atoms with Crippen LogP contribution in [0.25, 0.3) is 0 Å². The molecule has 0 fully saturated rings. The maximum atomic E-state index is 6.61. The highest BCUT2D eigenvalue weighted by molar-refractivity contribution is 5.81. The van der Waals surface area contributed by atoms with Crippen molar-refractivity contribution in [2.75, 3.05) is 28.6 Å². The molecule has 0 saturated heterocycles. The van der Waals surface area contributed by atoms with Gasteiger partial charge in [-0.1, -0.05) is 42.5 Å². The molecule has 0 bridgehead atoms. The van der Waals surface area contributed by atoms with Gasteiger partial charge in [-0.3, -0.25) is 0 Å². The van der Waals surface area contributed by atoms with Gasteiger partial charge in [0.05, 0.1) is 0 Å². The first kappa shape index (κ1) is 16.1. The van der Waals surface area contributed by atoms with Gasteiger partial charge in [-0.25, -0.2) is 9.97 Å². The van der Waals surface area contributed by atoms with Crippen molar-refractivity contribution in [2.45, 2.75) is 25.8 Å². The van der Waals surface area contributed by atoms with Crippen LogP contribution in [0.3, 0.4) is 0 Å². The van der Waals surface area contributed by atoms with Gasteiger partial charge in [0.1, 0.15) is 12.0 Å². The van der Waals surface area contributed by atoms with E-state index in [2.05, 4.69) is 68.3 Å². The molecule has 2 aliphatic rings. The topological polar surface area (TPSA) is 58.3 Å². The first-order valence-corrected chi connectivity index (χ1v) is 9.59. The number of hydrogen-bond donors (Lipinski definition) is 1. The average molecular weight is 357 g/mol. The fourth-order valence-electron chi connectivity index (χ4n) is 4.27. The number of aromatic nitrogens is 2. The molecule has 27 heavy (non-hydrogen) atoms. The van der Waals surface area contributed by atoms with Crippen molar-refractivity contribution in [3.05, 3.63) is 71.5 Å². The summed E-state index contributed by atoms with van der Waals surface area (Å²) in [4.78, 5) is 13.6. The predicted molar refractivity (Wildman–Crippen MR) is 109 cm³/mol. The van der Waals surface area contributed by atoms with E-state index in [-0.39, 0.29) is 0 Å². The molecule has 1 aromatic heterocycles. The van der Waals surface area contributed by atoms with Crippen LogP contribution in [0.1, 0.15) is 23.1 Å². The second-order valence-electron chi connectivity index (χ2n) is 7.26. The first-order chi connectivity index (χ1) is 13.3. The number of anilines is 4. The lowest BCUT2D eigenvalue weighted by Gasteiger charge is -2.34. The van der Waals surface area contributed by atoms with E-state index in [1.165, 1.54) is 22.4 Å². The summed E-state index contributed by atoms with van der Waals surface area (Å²) in [5, 5.41) is 0. The SMILES string of the molecule is Nc1c(N2CCc3ccccc3C2)ncnc1N1CCCc2ccccc21. The number of nitrogens with two attached hydrogens (primary N) is 1. The Balaban J connectivity index is 1.51. The van der Waals surface area contributed by atoms with Crippen LogP contribution in [0, 0.1) is 0 Å². The fraction of sp³-hybridized carbons (Fsp3) is 0.273. The minimum atomic E-state index is 0.675. The molecule has 0 amide bonds. The van der Waals surface area contributed by atoms with E-state index in [0.29, 0.717) is 5.69 Å². The molecule has 0 aliphatic carbocycles. The van der Waals surface area contributed by atoms with Crippen molar-refractivity contribution in [3.63, 3.8) is 0 Å². The first-order valence-electron chi connectivity index (χ1n) is 9.59. The zero-order valence-electron chi connectivity index (χ0n) is 15.3. The van der Waals surface area contributed by atoms with Gasteiger partial charge in [-0.05, 0) is 42.0 Å². The van der Waals surface area contributed by atoms with Crippen LogP contribution in [0.5, 0.6) is 0 Å². The second kappa shape index (κ2) is 6.58. The summed E-state index contributed by atoms with van der Waals surface area (Å²) in [6, 6.07) is 17.2. The molecule has 2 N–H and O–H groups in total. The van der Waals surface area contributed by atoms with Gasteiger partial charge in [0.15, 0.2) is 11.6 Å². The minimum Gasteiger partial charge on any atom is -0.393 e. The lowest BCUT2D eigenvalue weighted by atomic mass is 10.00. The Kier molecular flexibility index (Phi) is 3.93. The Morgan fingerprint density at radius 2 is 1.52 bits per heavy atom. The third-order valence-corrected chi connectivity index (χ3v) is 5.64. The molecule has 5 heteroatoms. The average Bonchev–Trinajstić information content (AvgIpc) is 2.73. The lowest BCUT2D eigenvalue weighted by molar-refractivity contribution is 0.718. The van der Waals surface area contributed by atoms with Crippen molar-refractivity contribution in [1.82, 2.24) is 9.97 Å². The van der Waals surface area contributed by atoms with E-state index in [1.807, 2.05) is 0 Å². The molecule has 2 aromatic carbocycles. The Morgan fingerprint density at radius 3 is 2.41 bits per heavy atom. The molecular formula is C22H23N5. The molecule has 0 atom stereocenters. The van der Waals surface area contributed by atoms with Gasteiger partial charge in [-0.2, -0.15) is 0 Å². The van der Waals surface area contributed by atoms with Crippen molar-refractivity contribution in [1.29, 1.82) is 0 Å². The van der Waals surface area contributed by atoms with Gasteiger partial charge in [0.25, 0.3) is 0 Å². The summed E-state index contributed by atoms with van der Waals surface area (Å²) in [5.74, 6) is 1.67. The minimum absolute atomic E-state index is 0.675. The molecule has 0 spiro atoms. The molecule has 0 unspecified atom stereocenters. The van der Waals surface area contributed by atoms with Gasteiger partial charge in [-0.15, -0.1) is 0 Å². The van der Waals surface area contributed by atoms with E-state index in [0.717, 1.165) is 50.5 Å². The number of benzene rings is 2. The molecule has 3 aromatic rings. The molecule has 0 radical (unpaired) electrons. The van der Waals surface area contributed by atoms with Gasteiger partial charge in [0, 0.05) is 25.3 Å². The number of fused-ring (bicyclic) bond motifs is 2.